The highest BCUT2D eigenvalue weighted by atomic mass is 127. The van der Waals surface area contributed by atoms with Crippen LogP contribution in [0.4, 0.5) is 0 Å². The van der Waals surface area contributed by atoms with Crippen molar-refractivity contribution in [2.75, 3.05) is 45.4 Å². The van der Waals surface area contributed by atoms with Crippen molar-refractivity contribution >= 4 is 39.8 Å². The van der Waals surface area contributed by atoms with Gasteiger partial charge in [-0.3, -0.25) is 4.99 Å². The van der Waals surface area contributed by atoms with Gasteiger partial charge in [-0.1, -0.05) is 6.42 Å². The molecule has 2 N–H and O–H groups in total. The van der Waals surface area contributed by atoms with Crippen LogP contribution in [-0.4, -0.2) is 82.8 Å². The van der Waals surface area contributed by atoms with Gasteiger partial charge >= 0.3 is 0 Å². The summed E-state index contributed by atoms with van der Waals surface area (Å²) in [6.07, 6.45) is 7.51. The van der Waals surface area contributed by atoms with Crippen molar-refractivity contribution in [1.29, 1.82) is 0 Å². The highest BCUT2D eigenvalue weighted by molar-refractivity contribution is 14.0. The van der Waals surface area contributed by atoms with E-state index in [1.807, 2.05) is 0 Å². The SMILES string of the molecule is CCNC(=NCCOCCS(C)(=O)=O)NC1CC2CCCC(C1)N2C.I. The Morgan fingerprint density at radius 2 is 1.88 bits per heavy atom. The lowest BCUT2D eigenvalue weighted by Gasteiger charge is -2.47. The Bertz CT molecular complexity index is 530. The van der Waals surface area contributed by atoms with Crippen LogP contribution in [-0.2, 0) is 14.6 Å². The van der Waals surface area contributed by atoms with E-state index >= 15 is 0 Å². The summed E-state index contributed by atoms with van der Waals surface area (Å²) >= 11 is 0. The van der Waals surface area contributed by atoms with Gasteiger partial charge in [0, 0.05) is 30.9 Å². The number of rotatable bonds is 8. The third-order valence-electron chi connectivity index (χ3n) is 5.13. The summed E-state index contributed by atoms with van der Waals surface area (Å²) in [5, 5.41) is 6.88. The maximum absolute atomic E-state index is 11.1. The second-order valence-electron chi connectivity index (χ2n) is 7.22. The van der Waals surface area contributed by atoms with Crippen molar-refractivity contribution < 1.29 is 13.2 Å². The molecule has 2 aliphatic rings. The van der Waals surface area contributed by atoms with Gasteiger partial charge in [0.25, 0.3) is 0 Å². The van der Waals surface area contributed by atoms with Gasteiger partial charge in [0.15, 0.2) is 5.96 Å². The molecule has 2 unspecified atom stereocenters. The van der Waals surface area contributed by atoms with Gasteiger partial charge in [-0.05, 0) is 39.7 Å². The number of hydrogen-bond donors (Lipinski definition) is 2. The maximum atomic E-state index is 11.1. The van der Waals surface area contributed by atoms with E-state index in [0.29, 0.717) is 31.3 Å². The van der Waals surface area contributed by atoms with Crippen molar-refractivity contribution in [3.8, 4) is 0 Å². The zero-order valence-electron chi connectivity index (χ0n) is 16.2. The molecule has 2 rings (SSSR count). The molecular formula is C17H35IN4O3S. The zero-order valence-corrected chi connectivity index (χ0v) is 19.4. The number of hydrogen-bond acceptors (Lipinski definition) is 5. The van der Waals surface area contributed by atoms with Crippen LogP contribution in [0.2, 0.25) is 0 Å². The number of ether oxygens (including phenoxy) is 1. The molecule has 2 saturated heterocycles. The summed E-state index contributed by atoms with van der Waals surface area (Å²) in [5.41, 5.74) is 0. The monoisotopic (exact) mass is 502 g/mol. The first-order valence-electron chi connectivity index (χ1n) is 9.41. The summed E-state index contributed by atoms with van der Waals surface area (Å²) in [5.74, 6) is 0.898. The predicted molar refractivity (Wildman–Crippen MR) is 117 cm³/mol. The molecule has 2 atom stereocenters. The average molecular weight is 502 g/mol. The van der Waals surface area contributed by atoms with Gasteiger partial charge in [0.2, 0.25) is 0 Å². The van der Waals surface area contributed by atoms with E-state index in [4.69, 9.17) is 4.74 Å². The molecule has 0 aromatic heterocycles. The third-order valence-corrected chi connectivity index (χ3v) is 6.04. The van der Waals surface area contributed by atoms with Crippen molar-refractivity contribution in [2.45, 2.75) is 57.2 Å². The van der Waals surface area contributed by atoms with Crippen LogP contribution in [0.5, 0.6) is 0 Å². The fourth-order valence-corrected chi connectivity index (χ4v) is 4.20. The Kier molecular flexibility index (Phi) is 10.7. The van der Waals surface area contributed by atoms with Crippen LogP contribution in [0, 0.1) is 0 Å². The normalized spacial score (nSPS) is 26.9. The molecule has 154 valence electrons. The van der Waals surface area contributed by atoms with Crippen molar-refractivity contribution in [3.05, 3.63) is 0 Å². The number of nitrogens with zero attached hydrogens (tertiary/aromatic N) is 2. The number of sulfone groups is 1. The van der Waals surface area contributed by atoms with E-state index in [9.17, 15) is 8.42 Å². The Morgan fingerprint density at radius 3 is 2.46 bits per heavy atom. The van der Waals surface area contributed by atoms with Gasteiger partial charge in [0.05, 0.1) is 25.5 Å². The number of fused-ring (bicyclic) bond motifs is 2. The summed E-state index contributed by atoms with van der Waals surface area (Å²) in [6, 6.07) is 1.84. The summed E-state index contributed by atoms with van der Waals surface area (Å²) in [7, 11) is -0.695. The molecule has 0 aromatic rings. The predicted octanol–water partition coefficient (Wildman–Crippen LogP) is 1.24. The van der Waals surface area contributed by atoms with Crippen LogP contribution in [0.1, 0.15) is 39.0 Å². The molecule has 9 heteroatoms. The second kappa shape index (κ2) is 11.7. The van der Waals surface area contributed by atoms with Gasteiger partial charge in [-0.25, -0.2) is 8.42 Å². The number of aliphatic imine (C=N–C) groups is 1. The minimum Gasteiger partial charge on any atom is -0.378 e. The molecular weight excluding hydrogens is 467 g/mol. The average Bonchev–Trinajstić information content (AvgIpc) is 2.50. The van der Waals surface area contributed by atoms with Crippen LogP contribution in [0.15, 0.2) is 4.99 Å². The van der Waals surface area contributed by atoms with Gasteiger partial charge in [0.1, 0.15) is 9.84 Å². The largest absolute Gasteiger partial charge is 0.378 e. The van der Waals surface area contributed by atoms with Crippen LogP contribution >= 0.6 is 24.0 Å². The summed E-state index contributed by atoms with van der Waals surface area (Å²) < 4.78 is 27.5. The molecule has 0 saturated carbocycles. The van der Waals surface area contributed by atoms with Crippen molar-refractivity contribution in [2.24, 2.45) is 4.99 Å². The first kappa shape index (κ1) is 23.9. The van der Waals surface area contributed by atoms with E-state index in [-0.39, 0.29) is 36.3 Å². The molecule has 26 heavy (non-hydrogen) atoms. The molecule has 2 aliphatic heterocycles. The minimum atomic E-state index is -2.96. The highest BCUT2D eigenvalue weighted by Gasteiger charge is 2.36. The second-order valence-corrected chi connectivity index (χ2v) is 9.48. The Balaban J connectivity index is 0.00000338. The molecule has 2 bridgehead atoms. The van der Waals surface area contributed by atoms with Crippen molar-refractivity contribution in [1.82, 2.24) is 15.5 Å². The first-order valence-corrected chi connectivity index (χ1v) is 11.5. The first-order chi connectivity index (χ1) is 11.9. The highest BCUT2D eigenvalue weighted by Crippen LogP contribution is 2.32. The van der Waals surface area contributed by atoms with Gasteiger partial charge < -0.3 is 20.3 Å². The van der Waals surface area contributed by atoms with Crippen molar-refractivity contribution in [3.63, 3.8) is 0 Å². The number of guanidine groups is 1. The van der Waals surface area contributed by atoms with E-state index in [0.717, 1.165) is 12.5 Å². The van der Waals surface area contributed by atoms with Crippen LogP contribution < -0.4 is 10.6 Å². The molecule has 0 spiro atoms. The molecule has 0 amide bonds. The molecule has 0 aliphatic carbocycles. The zero-order chi connectivity index (χ0) is 18.3. The summed E-state index contributed by atoms with van der Waals surface area (Å²) in [6.45, 7) is 4.07. The summed E-state index contributed by atoms with van der Waals surface area (Å²) in [4.78, 5) is 7.12. The van der Waals surface area contributed by atoms with E-state index in [1.54, 1.807) is 0 Å². The molecule has 2 fully saturated rings. The Hall–Kier alpha value is -0.130. The van der Waals surface area contributed by atoms with Crippen LogP contribution in [0.3, 0.4) is 0 Å². The van der Waals surface area contributed by atoms with Gasteiger partial charge in [-0.15, -0.1) is 24.0 Å². The fourth-order valence-electron chi connectivity index (χ4n) is 3.78. The lowest BCUT2D eigenvalue weighted by molar-refractivity contribution is 0.0526. The standard InChI is InChI=1S/C17H34N4O3S.HI/c1-4-18-17(19-8-9-24-10-11-25(3,22)23)20-14-12-15-6-5-7-16(13-14)21(15)2;/h14-16H,4-13H2,1-3H3,(H2,18,19,20);1H. The quantitative estimate of drug-likeness (QED) is 0.225. The third kappa shape index (κ3) is 8.26. The number of halogens is 1. The number of piperidine rings is 2. The van der Waals surface area contributed by atoms with Gasteiger partial charge in [-0.2, -0.15) is 0 Å². The fraction of sp³-hybridized carbons (Fsp3) is 0.941. The lowest BCUT2D eigenvalue weighted by Crippen LogP contribution is -2.56. The van der Waals surface area contributed by atoms with Crippen LogP contribution in [0.25, 0.3) is 0 Å². The molecule has 0 aromatic carbocycles. The maximum Gasteiger partial charge on any atom is 0.191 e. The molecule has 2 heterocycles. The topological polar surface area (TPSA) is 83.0 Å². The van der Waals surface area contributed by atoms with E-state index in [2.05, 4.69) is 34.5 Å². The Morgan fingerprint density at radius 1 is 1.23 bits per heavy atom. The van der Waals surface area contributed by atoms with E-state index < -0.39 is 9.84 Å². The minimum absolute atomic E-state index is 0. The molecule has 0 radical (unpaired) electrons. The molecule has 7 nitrogen and oxygen atoms in total. The smallest absolute Gasteiger partial charge is 0.191 e. The Labute approximate surface area is 175 Å². The van der Waals surface area contributed by atoms with E-state index in [1.165, 1.54) is 38.4 Å². The number of nitrogens with one attached hydrogen (secondary N) is 2. The lowest BCUT2D eigenvalue weighted by atomic mass is 9.82.